The summed E-state index contributed by atoms with van der Waals surface area (Å²) >= 11 is 1.78. The molecule has 0 bridgehead atoms. The van der Waals surface area contributed by atoms with Crippen LogP contribution in [-0.2, 0) is 4.79 Å². The largest absolute Gasteiger partial charge is 0.491 e. The van der Waals surface area contributed by atoms with Gasteiger partial charge in [-0.1, -0.05) is 37.3 Å². The van der Waals surface area contributed by atoms with Crippen molar-refractivity contribution in [2.45, 2.75) is 30.9 Å². The lowest BCUT2D eigenvalue weighted by atomic mass is 10.0. The summed E-state index contributed by atoms with van der Waals surface area (Å²) in [6.07, 6.45) is -0.568. The van der Waals surface area contributed by atoms with E-state index < -0.39 is 12.1 Å². The first-order valence-electron chi connectivity index (χ1n) is 10.8. The second-order valence-corrected chi connectivity index (χ2v) is 9.21. The van der Waals surface area contributed by atoms with Gasteiger partial charge in [0.2, 0.25) is 5.91 Å². The number of aliphatic hydroxyl groups is 1. The fourth-order valence-electron chi connectivity index (χ4n) is 3.93. The lowest BCUT2D eigenvalue weighted by molar-refractivity contribution is -0.124. The number of carbonyl (C=O) groups excluding carboxylic acids is 1. The first-order chi connectivity index (χ1) is 15.0. The molecule has 2 aromatic carbocycles. The van der Waals surface area contributed by atoms with Crippen molar-refractivity contribution in [3.8, 4) is 5.75 Å². The Morgan fingerprint density at radius 3 is 2.42 bits per heavy atom. The second kappa shape index (κ2) is 11.5. The van der Waals surface area contributed by atoms with Crippen LogP contribution in [0.25, 0.3) is 0 Å². The molecule has 1 saturated heterocycles. The van der Waals surface area contributed by atoms with Crippen molar-refractivity contribution >= 4 is 17.7 Å². The Bertz CT molecular complexity index is 838. The van der Waals surface area contributed by atoms with Crippen molar-refractivity contribution < 1.29 is 14.6 Å². The molecule has 1 heterocycles. The molecule has 31 heavy (non-hydrogen) atoms. The summed E-state index contributed by atoms with van der Waals surface area (Å²) in [5.74, 6) is 1.50. The van der Waals surface area contributed by atoms with E-state index in [0.29, 0.717) is 6.54 Å². The third kappa shape index (κ3) is 6.71. The molecular formula is C24H33N3O3S. The van der Waals surface area contributed by atoms with Crippen LogP contribution in [-0.4, -0.2) is 72.0 Å². The monoisotopic (exact) mass is 443 g/mol. The molecule has 1 fully saturated rings. The maximum Gasteiger partial charge on any atom is 0.239 e. The third-order valence-electron chi connectivity index (χ3n) is 5.54. The fourth-order valence-corrected chi connectivity index (χ4v) is 4.59. The lowest BCUT2D eigenvalue weighted by Crippen LogP contribution is -2.52. The molecule has 2 unspecified atom stereocenters. The number of ether oxygens (including phenoxy) is 1. The van der Waals surface area contributed by atoms with Crippen LogP contribution in [0.2, 0.25) is 0 Å². The van der Waals surface area contributed by atoms with Gasteiger partial charge in [-0.2, -0.15) is 0 Å². The SMILES string of the molecule is CCSc1ccc(C(C(N)=O)N2CCN(CC(O)COc3ccccc3C)CC2)cc1. The average Bonchev–Trinajstić information content (AvgIpc) is 2.76. The second-order valence-electron chi connectivity index (χ2n) is 7.87. The Morgan fingerprint density at radius 1 is 1.13 bits per heavy atom. The Balaban J connectivity index is 1.50. The van der Waals surface area contributed by atoms with Gasteiger partial charge in [0.15, 0.2) is 0 Å². The summed E-state index contributed by atoms with van der Waals surface area (Å²) < 4.78 is 5.77. The number of nitrogens with two attached hydrogens (primary N) is 1. The minimum atomic E-state index is -0.568. The average molecular weight is 444 g/mol. The Morgan fingerprint density at radius 2 is 1.81 bits per heavy atom. The van der Waals surface area contributed by atoms with Crippen LogP contribution in [0.15, 0.2) is 53.4 Å². The number of hydrogen-bond acceptors (Lipinski definition) is 6. The van der Waals surface area contributed by atoms with Crippen LogP contribution in [0.4, 0.5) is 0 Å². The molecular weight excluding hydrogens is 410 g/mol. The van der Waals surface area contributed by atoms with Gasteiger partial charge in [0, 0.05) is 37.6 Å². The predicted octanol–water partition coefficient (Wildman–Crippen LogP) is 2.69. The molecule has 1 amide bonds. The summed E-state index contributed by atoms with van der Waals surface area (Å²) in [6, 6.07) is 15.5. The number of benzene rings is 2. The number of rotatable bonds is 10. The van der Waals surface area contributed by atoms with E-state index in [2.05, 4.69) is 28.9 Å². The molecule has 1 aliphatic heterocycles. The summed E-state index contributed by atoms with van der Waals surface area (Å²) in [5, 5.41) is 10.4. The zero-order valence-corrected chi connectivity index (χ0v) is 19.2. The van der Waals surface area contributed by atoms with Crippen LogP contribution in [0, 0.1) is 6.92 Å². The maximum atomic E-state index is 12.2. The summed E-state index contributed by atoms with van der Waals surface area (Å²) in [7, 11) is 0. The molecule has 3 N–H and O–H groups in total. The first kappa shape index (κ1) is 23.6. The van der Waals surface area contributed by atoms with Crippen molar-refractivity contribution in [1.29, 1.82) is 0 Å². The van der Waals surface area contributed by atoms with Crippen molar-refractivity contribution in [3.63, 3.8) is 0 Å². The molecule has 3 rings (SSSR count). The van der Waals surface area contributed by atoms with Crippen molar-refractivity contribution in [1.82, 2.24) is 9.80 Å². The van der Waals surface area contributed by atoms with Gasteiger partial charge in [-0.05, 0) is 42.0 Å². The smallest absolute Gasteiger partial charge is 0.239 e. The third-order valence-corrected chi connectivity index (χ3v) is 6.44. The Kier molecular flexibility index (Phi) is 8.78. The highest BCUT2D eigenvalue weighted by Gasteiger charge is 2.29. The van der Waals surface area contributed by atoms with Gasteiger partial charge in [0.1, 0.15) is 24.5 Å². The van der Waals surface area contributed by atoms with Crippen LogP contribution >= 0.6 is 11.8 Å². The molecule has 0 spiro atoms. The molecule has 0 aliphatic carbocycles. The van der Waals surface area contributed by atoms with Crippen LogP contribution in [0.3, 0.4) is 0 Å². The lowest BCUT2D eigenvalue weighted by Gasteiger charge is -2.38. The summed E-state index contributed by atoms with van der Waals surface area (Å²) in [4.78, 5) is 17.8. The molecule has 0 saturated carbocycles. The number of nitrogens with zero attached hydrogens (tertiary/aromatic N) is 2. The topological polar surface area (TPSA) is 79.0 Å². The van der Waals surface area contributed by atoms with Gasteiger partial charge in [-0.15, -0.1) is 11.8 Å². The molecule has 2 aromatic rings. The van der Waals surface area contributed by atoms with Crippen LogP contribution in [0.5, 0.6) is 5.75 Å². The molecule has 7 heteroatoms. The summed E-state index contributed by atoms with van der Waals surface area (Å²) in [6.45, 7) is 7.92. The molecule has 0 aromatic heterocycles. The van der Waals surface area contributed by atoms with Gasteiger partial charge in [-0.3, -0.25) is 14.6 Å². The number of para-hydroxylation sites is 1. The Labute approximate surface area is 189 Å². The standard InChI is InChI=1S/C24H33N3O3S/c1-3-31-21-10-8-19(9-11-21)23(24(25)29)27-14-12-26(13-15-27)16-20(28)17-30-22-7-5-4-6-18(22)2/h4-11,20,23,28H,3,12-17H2,1-2H3,(H2,25,29). The number of amides is 1. The van der Waals surface area contributed by atoms with E-state index in [1.165, 1.54) is 4.90 Å². The predicted molar refractivity (Wildman–Crippen MR) is 125 cm³/mol. The highest BCUT2D eigenvalue weighted by Crippen LogP contribution is 2.25. The number of hydrogen-bond donors (Lipinski definition) is 2. The highest BCUT2D eigenvalue weighted by atomic mass is 32.2. The maximum absolute atomic E-state index is 12.2. The van der Waals surface area contributed by atoms with E-state index in [-0.39, 0.29) is 12.5 Å². The van der Waals surface area contributed by atoms with E-state index in [1.807, 2.05) is 43.3 Å². The quantitative estimate of drug-likeness (QED) is 0.550. The first-order valence-corrected chi connectivity index (χ1v) is 11.8. The molecule has 168 valence electrons. The van der Waals surface area contributed by atoms with Gasteiger partial charge in [0.25, 0.3) is 0 Å². The van der Waals surface area contributed by atoms with Gasteiger partial charge < -0.3 is 15.6 Å². The normalized spacial score (nSPS) is 17.3. The molecule has 6 nitrogen and oxygen atoms in total. The highest BCUT2D eigenvalue weighted by molar-refractivity contribution is 7.99. The molecule has 0 radical (unpaired) electrons. The number of aliphatic hydroxyl groups excluding tert-OH is 1. The molecule has 1 aliphatic rings. The van der Waals surface area contributed by atoms with Crippen molar-refractivity contribution in [2.75, 3.05) is 45.1 Å². The molecule has 2 atom stereocenters. The zero-order valence-electron chi connectivity index (χ0n) is 18.4. The zero-order chi connectivity index (χ0) is 22.2. The van der Waals surface area contributed by atoms with E-state index in [9.17, 15) is 9.90 Å². The number of thioether (sulfide) groups is 1. The van der Waals surface area contributed by atoms with E-state index in [0.717, 1.165) is 48.8 Å². The van der Waals surface area contributed by atoms with Crippen LogP contribution < -0.4 is 10.5 Å². The van der Waals surface area contributed by atoms with Gasteiger partial charge in [-0.25, -0.2) is 0 Å². The number of aryl methyl sites for hydroxylation is 1. The van der Waals surface area contributed by atoms with E-state index >= 15 is 0 Å². The van der Waals surface area contributed by atoms with Crippen LogP contribution in [0.1, 0.15) is 24.1 Å². The van der Waals surface area contributed by atoms with Crippen molar-refractivity contribution in [3.05, 3.63) is 59.7 Å². The fraction of sp³-hybridized carbons (Fsp3) is 0.458. The number of β-amino-alcohol motifs (C(OH)–C–C–N with tert-alkyl or cyclic N) is 1. The van der Waals surface area contributed by atoms with Gasteiger partial charge in [0.05, 0.1) is 0 Å². The number of piperazine rings is 1. The number of primary amides is 1. The van der Waals surface area contributed by atoms with Crippen molar-refractivity contribution in [2.24, 2.45) is 5.73 Å². The minimum Gasteiger partial charge on any atom is -0.491 e. The van der Waals surface area contributed by atoms with E-state index in [4.69, 9.17) is 10.5 Å². The summed E-state index contributed by atoms with van der Waals surface area (Å²) in [5.41, 5.74) is 7.76. The minimum absolute atomic E-state index is 0.261. The van der Waals surface area contributed by atoms with E-state index in [1.54, 1.807) is 11.8 Å². The van der Waals surface area contributed by atoms with Gasteiger partial charge >= 0.3 is 0 Å². The number of carbonyl (C=O) groups is 1. The Hall–Kier alpha value is -2.06.